The molecule has 2 aromatic carbocycles. The molecule has 0 unspecified atom stereocenters. The minimum atomic E-state index is -0.196. The van der Waals surface area contributed by atoms with Crippen LogP contribution in [-0.4, -0.2) is 65.4 Å². The number of hydrogen-bond acceptors (Lipinski definition) is 5. The highest BCUT2D eigenvalue weighted by Crippen LogP contribution is 2.29. The van der Waals surface area contributed by atoms with Gasteiger partial charge in [-0.1, -0.05) is 23.8 Å². The molecule has 0 spiro atoms. The number of aryl methyl sites for hydroxylation is 1. The van der Waals surface area contributed by atoms with Gasteiger partial charge in [-0.2, -0.15) is 0 Å². The monoisotopic (exact) mass is 690 g/mol. The van der Waals surface area contributed by atoms with Gasteiger partial charge in [0.1, 0.15) is 17.0 Å². The summed E-state index contributed by atoms with van der Waals surface area (Å²) in [7, 11) is 1.67. The Morgan fingerprint density at radius 3 is 1.63 bits per heavy atom. The fourth-order valence-corrected chi connectivity index (χ4v) is 7.45. The second-order valence-corrected chi connectivity index (χ2v) is 14.0. The van der Waals surface area contributed by atoms with Crippen LogP contribution < -0.4 is 14.5 Å². The topological polar surface area (TPSA) is 50.3 Å². The molecule has 6 heterocycles. The van der Waals surface area contributed by atoms with Crippen molar-refractivity contribution in [3.63, 3.8) is 0 Å². The van der Waals surface area contributed by atoms with E-state index in [9.17, 15) is 8.78 Å². The first-order valence-electron chi connectivity index (χ1n) is 18.3. The first-order valence-corrected chi connectivity index (χ1v) is 18.3. The molecule has 8 rings (SSSR count). The molecular formula is C42H48F2N6O. The summed E-state index contributed by atoms with van der Waals surface area (Å²) in [6.45, 7) is 5.72. The molecule has 7 nitrogen and oxygen atoms in total. The first-order chi connectivity index (χ1) is 25.0. The number of hydrogen-bond donors (Lipinski definition) is 0. The van der Waals surface area contributed by atoms with Crippen LogP contribution in [0, 0.1) is 18.8 Å². The summed E-state index contributed by atoms with van der Waals surface area (Å²) >= 11 is 0. The van der Waals surface area contributed by atoms with Crippen LogP contribution in [0.2, 0.25) is 0 Å². The molecule has 0 atom stereocenters. The predicted octanol–water partition coefficient (Wildman–Crippen LogP) is 9.47. The zero-order valence-electron chi connectivity index (χ0n) is 29.7. The summed E-state index contributed by atoms with van der Waals surface area (Å²) in [5.41, 5.74) is 9.75. The number of imidazole rings is 2. The third kappa shape index (κ3) is 8.19. The predicted molar refractivity (Wildman–Crippen MR) is 204 cm³/mol. The van der Waals surface area contributed by atoms with Crippen molar-refractivity contribution in [2.24, 2.45) is 11.8 Å². The van der Waals surface area contributed by atoms with Gasteiger partial charge in [0, 0.05) is 85.6 Å². The quantitative estimate of drug-likeness (QED) is 0.151. The van der Waals surface area contributed by atoms with Crippen molar-refractivity contribution in [1.82, 2.24) is 18.8 Å². The van der Waals surface area contributed by atoms with Crippen LogP contribution in [0.1, 0.15) is 44.1 Å². The number of methoxy groups -OCH3 is 1. The van der Waals surface area contributed by atoms with Crippen molar-refractivity contribution in [2.75, 3.05) is 56.4 Å². The summed E-state index contributed by atoms with van der Waals surface area (Å²) in [5, 5.41) is 0. The highest BCUT2D eigenvalue weighted by Gasteiger charge is 2.21. The van der Waals surface area contributed by atoms with E-state index >= 15 is 0 Å². The van der Waals surface area contributed by atoms with Crippen LogP contribution in [0.3, 0.4) is 0 Å². The Bertz CT molecular complexity index is 2020. The number of alkyl halides is 2. The van der Waals surface area contributed by atoms with Crippen molar-refractivity contribution >= 4 is 22.7 Å². The summed E-state index contributed by atoms with van der Waals surface area (Å²) in [5.74, 6) is 1.92. The summed E-state index contributed by atoms with van der Waals surface area (Å²) in [6, 6.07) is 25.0. The van der Waals surface area contributed by atoms with E-state index in [1.165, 1.54) is 16.9 Å². The number of anilines is 2. The van der Waals surface area contributed by atoms with Gasteiger partial charge in [0.05, 0.1) is 31.8 Å². The van der Waals surface area contributed by atoms with Crippen molar-refractivity contribution in [3.05, 3.63) is 103 Å². The molecular weight excluding hydrogens is 642 g/mol. The van der Waals surface area contributed by atoms with Crippen molar-refractivity contribution < 1.29 is 13.5 Å². The number of nitrogens with zero attached hydrogens (tertiary/aromatic N) is 6. The number of rotatable bonds is 9. The molecule has 0 aliphatic carbocycles. The number of piperidine rings is 2. The van der Waals surface area contributed by atoms with Gasteiger partial charge in [-0.25, -0.2) is 9.97 Å². The van der Waals surface area contributed by atoms with Gasteiger partial charge in [-0.15, -0.1) is 0 Å². The highest BCUT2D eigenvalue weighted by molar-refractivity contribution is 5.67. The average molecular weight is 691 g/mol. The van der Waals surface area contributed by atoms with Crippen LogP contribution >= 0.6 is 0 Å². The molecule has 4 aromatic heterocycles. The Labute approximate surface area is 299 Å². The van der Waals surface area contributed by atoms with Crippen LogP contribution in [0.25, 0.3) is 33.8 Å². The summed E-state index contributed by atoms with van der Waals surface area (Å²) < 4.78 is 34.4. The molecule has 51 heavy (non-hydrogen) atoms. The molecule has 6 aromatic rings. The van der Waals surface area contributed by atoms with Crippen LogP contribution in [0.15, 0.2) is 97.6 Å². The molecule has 2 saturated heterocycles. The Kier molecular flexibility index (Phi) is 10.8. The fourth-order valence-electron chi connectivity index (χ4n) is 7.45. The number of halogens is 2. The molecule has 0 radical (unpaired) electrons. The second kappa shape index (κ2) is 16.0. The largest absolute Gasteiger partial charge is 0.497 e. The zero-order chi connectivity index (χ0) is 35.2. The van der Waals surface area contributed by atoms with Gasteiger partial charge in [-0.3, -0.25) is 8.78 Å². The molecule has 0 N–H and O–H groups in total. The Balaban J connectivity index is 0.000000159. The lowest BCUT2D eigenvalue weighted by molar-refractivity contribution is 0.332. The minimum absolute atomic E-state index is 0.188. The third-order valence-corrected chi connectivity index (χ3v) is 10.6. The van der Waals surface area contributed by atoms with Crippen LogP contribution in [0.4, 0.5) is 20.2 Å². The number of fused-ring (bicyclic) bond motifs is 2. The number of benzene rings is 2. The van der Waals surface area contributed by atoms with E-state index in [1.807, 2.05) is 24.3 Å². The number of pyridine rings is 2. The maximum atomic E-state index is 12.5. The van der Waals surface area contributed by atoms with Crippen molar-refractivity contribution in [1.29, 1.82) is 0 Å². The lowest BCUT2D eigenvalue weighted by Crippen LogP contribution is -2.33. The Morgan fingerprint density at radius 2 is 1.16 bits per heavy atom. The fraction of sp³-hybridized carbons (Fsp3) is 0.381. The van der Waals surface area contributed by atoms with Gasteiger partial charge in [0.15, 0.2) is 0 Å². The van der Waals surface area contributed by atoms with E-state index in [1.54, 1.807) is 7.11 Å². The lowest BCUT2D eigenvalue weighted by atomic mass is 9.94. The molecule has 0 amide bonds. The highest BCUT2D eigenvalue weighted by atomic mass is 19.1. The number of ether oxygens (including phenoxy) is 1. The number of aromatic nitrogens is 4. The van der Waals surface area contributed by atoms with E-state index in [4.69, 9.17) is 14.7 Å². The minimum Gasteiger partial charge on any atom is -0.497 e. The molecule has 266 valence electrons. The molecule has 2 aliphatic rings. The van der Waals surface area contributed by atoms with Gasteiger partial charge in [0.25, 0.3) is 0 Å². The van der Waals surface area contributed by atoms with Crippen LogP contribution in [0.5, 0.6) is 5.75 Å². The van der Waals surface area contributed by atoms with Crippen molar-refractivity contribution in [3.8, 4) is 28.3 Å². The van der Waals surface area contributed by atoms with E-state index in [0.717, 1.165) is 91.4 Å². The molecule has 0 saturated carbocycles. The van der Waals surface area contributed by atoms with E-state index < -0.39 is 0 Å². The Hall–Kier alpha value is -4.92. The first kappa shape index (κ1) is 34.5. The van der Waals surface area contributed by atoms with Gasteiger partial charge < -0.3 is 23.3 Å². The smallest absolute Gasteiger partial charge is 0.139 e. The SMILES string of the molecule is COc1ccc(-c2cn3ccc(N4CCC(CCF)CC4)cc3n2)cc1.Cc1cccc(-c2cn3ccc(N4CCC(CCF)CC4)cc3n2)c1. The molecule has 9 heteroatoms. The van der Waals surface area contributed by atoms with Gasteiger partial charge in [-0.05, 0) is 99.7 Å². The van der Waals surface area contributed by atoms with E-state index in [-0.39, 0.29) is 13.3 Å². The van der Waals surface area contributed by atoms with Crippen LogP contribution in [-0.2, 0) is 0 Å². The van der Waals surface area contributed by atoms with Gasteiger partial charge in [0.2, 0.25) is 0 Å². The zero-order valence-corrected chi connectivity index (χ0v) is 29.7. The summed E-state index contributed by atoms with van der Waals surface area (Å²) in [6.07, 6.45) is 14.0. The maximum Gasteiger partial charge on any atom is 0.139 e. The molecule has 2 fully saturated rings. The molecule has 0 bridgehead atoms. The standard InChI is InChI=1S/C21H24FN3O.C21H24FN3/c1-26-19-4-2-17(3-5-19)20-15-25-13-9-18(14-21(25)23-20)24-11-7-16(6-10-22)8-12-24;1-16-3-2-4-18(13-16)20-15-25-12-8-19(14-21(25)23-20)24-10-6-17(5-9-22)7-11-24/h2-5,9,13-16H,6-8,10-12H2,1H3;2-4,8,12-15,17H,5-7,9-11H2,1H3. The third-order valence-electron chi connectivity index (χ3n) is 10.6. The Morgan fingerprint density at radius 1 is 0.647 bits per heavy atom. The van der Waals surface area contributed by atoms with Gasteiger partial charge >= 0.3 is 0 Å². The van der Waals surface area contributed by atoms with E-state index in [2.05, 4.69) is 98.8 Å². The summed E-state index contributed by atoms with van der Waals surface area (Å²) in [4.78, 5) is 14.4. The van der Waals surface area contributed by atoms with Crippen molar-refractivity contribution in [2.45, 2.75) is 45.4 Å². The average Bonchev–Trinajstić information content (AvgIpc) is 3.80. The second-order valence-electron chi connectivity index (χ2n) is 14.0. The molecule has 2 aliphatic heterocycles. The maximum absolute atomic E-state index is 12.5. The normalized spacial score (nSPS) is 15.7. The van der Waals surface area contributed by atoms with E-state index in [0.29, 0.717) is 24.7 Å². The lowest BCUT2D eigenvalue weighted by Gasteiger charge is -2.33.